The summed E-state index contributed by atoms with van der Waals surface area (Å²) in [6.07, 6.45) is 1.06. The summed E-state index contributed by atoms with van der Waals surface area (Å²) < 4.78 is 13.9. The van der Waals surface area contributed by atoms with Crippen LogP contribution in [-0.4, -0.2) is 19.0 Å². The first kappa shape index (κ1) is 11.4. The minimum Gasteiger partial charge on any atom is -0.356 e. The number of guanidine groups is 1. The Kier molecular flexibility index (Phi) is 3.77. The quantitative estimate of drug-likeness (QED) is 0.872. The van der Waals surface area contributed by atoms with Gasteiger partial charge in [0.1, 0.15) is 5.82 Å². The maximum Gasteiger partial charge on any atom is 0.191 e. The van der Waals surface area contributed by atoms with E-state index in [1.54, 1.807) is 6.07 Å². The van der Waals surface area contributed by atoms with E-state index in [-0.39, 0.29) is 5.82 Å². The molecule has 3 nitrogen and oxygen atoms in total. The second kappa shape index (κ2) is 5.30. The summed E-state index contributed by atoms with van der Waals surface area (Å²) >= 11 is 3.39. The smallest absolute Gasteiger partial charge is 0.191 e. The molecule has 5 heteroatoms. The van der Waals surface area contributed by atoms with E-state index < -0.39 is 0 Å². The van der Waals surface area contributed by atoms with Crippen molar-refractivity contribution >= 4 is 21.9 Å². The fraction of sp³-hybridized carbons (Fsp3) is 0.364. The van der Waals surface area contributed by atoms with Gasteiger partial charge in [-0.2, -0.15) is 0 Å². The van der Waals surface area contributed by atoms with Crippen LogP contribution < -0.4 is 10.6 Å². The lowest BCUT2D eigenvalue weighted by atomic mass is 10.2. The molecule has 0 aromatic heterocycles. The molecule has 0 aliphatic carbocycles. The number of halogens is 2. The van der Waals surface area contributed by atoms with Gasteiger partial charge >= 0.3 is 0 Å². The van der Waals surface area contributed by atoms with Crippen LogP contribution in [0.2, 0.25) is 0 Å². The van der Waals surface area contributed by atoms with Gasteiger partial charge in [0.05, 0.1) is 0 Å². The Morgan fingerprint density at radius 1 is 1.50 bits per heavy atom. The topological polar surface area (TPSA) is 36.4 Å². The SMILES string of the molecule is Fc1ccc(Br)c(CNC2=NCCCN2)c1. The van der Waals surface area contributed by atoms with Crippen molar-refractivity contribution in [3.63, 3.8) is 0 Å². The van der Waals surface area contributed by atoms with Crippen LogP contribution in [0.3, 0.4) is 0 Å². The molecule has 0 spiro atoms. The van der Waals surface area contributed by atoms with Crippen LogP contribution in [0.1, 0.15) is 12.0 Å². The van der Waals surface area contributed by atoms with E-state index in [1.165, 1.54) is 12.1 Å². The summed E-state index contributed by atoms with van der Waals surface area (Å²) in [6, 6.07) is 4.66. The molecule has 0 bridgehead atoms. The van der Waals surface area contributed by atoms with E-state index in [1.807, 2.05) is 0 Å². The van der Waals surface area contributed by atoms with Crippen molar-refractivity contribution in [3.05, 3.63) is 34.1 Å². The molecule has 1 aliphatic rings. The lowest BCUT2D eigenvalue weighted by Crippen LogP contribution is -2.40. The minimum atomic E-state index is -0.224. The van der Waals surface area contributed by atoms with Crippen molar-refractivity contribution in [1.29, 1.82) is 0 Å². The Morgan fingerprint density at radius 3 is 3.12 bits per heavy atom. The molecule has 0 fully saturated rings. The van der Waals surface area contributed by atoms with Crippen LogP contribution in [0.15, 0.2) is 27.7 Å². The third kappa shape index (κ3) is 2.95. The van der Waals surface area contributed by atoms with Crippen LogP contribution in [0.4, 0.5) is 4.39 Å². The molecular formula is C11H13BrFN3. The zero-order valence-electron chi connectivity index (χ0n) is 8.76. The highest BCUT2D eigenvalue weighted by Gasteiger charge is 2.05. The Balaban J connectivity index is 1.98. The molecule has 0 saturated carbocycles. The zero-order chi connectivity index (χ0) is 11.4. The maximum absolute atomic E-state index is 13.0. The molecular weight excluding hydrogens is 273 g/mol. The molecule has 1 heterocycles. The zero-order valence-corrected chi connectivity index (χ0v) is 10.3. The van der Waals surface area contributed by atoms with Crippen molar-refractivity contribution in [2.24, 2.45) is 4.99 Å². The highest BCUT2D eigenvalue weighted by Crippen LogP contribution is 2.17. The molecule has 0 saturated heterocycles. The molecule has 0 unspecified atom stereocenters. The van der Waals surface area contributed by atoms with E-state index in [9.17, 15) is 4.39 Å². The first-order valence-corrected chi connectivity index (χ1v) is 6.01. The predicted molar refractivity (Wildman–Crippen MR) is 65.9 cm³/mol. The maximum atomic E-state index is 13.0. The normalized spacial score (nSPS) is 15.2. The number of hydrogen-bond acceptors (Lipinski definition) is 3. The average Bonchev–Trinajstić information content (AvgIpc) is 2.32. The Hall–Kier alpha value is -1.10. The average molecular weight is 286 g/mol. The Morgan fingerprint density at radius 2 is 2.38 bits per heavy atom. The molecule has 1 aromatic carbocycles. The minimum absolute atomic E-state index is 0.224. The van der Waals surface area contributed by atoms with E-state index in [0.717, 1.165) is 35.5 Å². The second-order valence-corrected chi connectivity index (χ2v) is 4.45. The number of nitrogens with one attached hydrogen (secondary N) is 2. The van der Waals surface area contributed by atoms with Gasteiger partial charge in [0, 0.05) is 24.1 Å². The van der Waals surface area contributed by atoms with Gasteiger partial charge in [0.25, 0.3) is 0 Å². The second-order valence-electron chi connectivity index (χ2n) is 3.60. The van der Waals surface area contributed by atoms with E-state index in [4.69, 9.17) is 0 Å². The molecule has 0 radical (unpaired) electrons. The number of aliphatic imine (C=N–C) groups is 1. The fourth-order valence-corrected chi connectivity index (χ4v) is 1.90. The van der Waals surface area contributed by atoms with Gasteiger partial charge < -0.3 is 10.6 Å². The molecule has 1 aromatic rings. The van der Waals surface area contributed by atoms with Crippen molar-refractivity contribution < 1.29 is 4.39 Å². The highest BCUT2D eigenvalue weighted by atomic mass is 79.9. The summed E-state index contributed by atoms with van der Waals surface area (Å²) in [5.74, 6) is 0.570. The van der Waals surface area contributed by atoms with Crippen molar-refractivity contribution in [2.45, 2.75) is 13.0 Å². The van der Waals surface area contributed by atoms with Crippen LogP contribution in [-0.2, 0) is 6.54 Å². The first-order chi connectivity index (χ1) is 7.75. The molecule has 2 rings (SSSR count). The molecule has 0 atom stereocenters. The lowest BCUT2D eigenvalue weighted by molar-refractivity contribution is 0.623. The third-order valence-corrected chi connectivity index (χ3v) is 3.12. The monoisotopic (exact) mass is 285 g/mol. The van der Waals surface area contributed by atoms with Crippen LogP contribution in [0.25, 0.3) is 0 Å². The van der Waals surface area contributed by atoms with Gasteiger partial charge in [0.2, 0.25) is 0 Å². The lowest BCUT2D eigenvalue weighted by Gasteiger charge is -2.16. The Labute approximate surface area is 102 Å². The van der Waals surface area contributed by atoms with Crippen molar-refractivity contribution in [1.82, 2.24) is 10.6 Å². The third-order valence-electron chi connectivity index (χ3n) is 2.35. The van der Waals surface area contributed by atoms with Crippen LogP contribution in [0, 0.1) is 5.82 Å². The van der Waals surface area contributed by atoms with Gasteiger partial charge in [-0.1, -0.05) is 15.9 Å². The van der Waals surface area contributed by atoms with Gasteiger partial charge in [-0.05, 0) is 30.2 Å². The van der Waals surface area contributed by atoms with Crippen molar-refractivity contribution in [3.8, 4) is 0 Å². The largest absolute Gasteiger partial charge is 0.356 e. The van der Waals surface area contributed by atoms with Crippen LogP contribution >= 0.6 is 15.9 Å². The molecule has 1 aliphatic heterocycles. The number of nitrogens with zero attached hydrogens (tertiary/aromatic N) is 1. The Bertz CT molecular complexity index is 406. The van der Waals surface area contributed by atoms with Crippen LogP contribution in [0.5, 0.6) is 0 Å². The summed E-state index contributed by atoms with van der Waals surface area (Å²) in [5, 5.41) is 6.30. The molecule has 0 amide bonds. The van der Waals surface area contributed by atoms with Gasteiger partial charge in [-0.3, -0.25) is 4.99 Å². The molecule has 16 heavy (non-hydrogen) atoms. The summed E-state index contributed by atoms with van der Waals surface area (Å²) in [6.45, 7) is 2.35. The standard InChI is InChI=1S/C11H13BrFN3/c12-10-3-2-9(13)6-8(10)7-16-11-14-4-1-5-15-11/h2-3,6H,1,4-5,7H2,(H2,14,15,16). The highest BCUT2D eigenvalue weighted by molar-refractivity contribution is 9.10. The fourth-order valence-electron chi connectivity index (χ4n) is 1.51. The van der Waals surface area contributed by atoms with E-state index in [2.05, 4.69) is 31.6 Å². The summed E-state index contributed by atoms with van der Waals surface area (Å²) in [5.41, 5.74) is 0.884. The summed E-state index contributed by atoms with van der Waals surface area (Å²) in [7, 11) is 0. The summed E-state index contributed by atoms with van der Waals surface area (Å²) in [4.78, 5) is 4.28. The molecule has 86 valence electrons. The van der Waals surface area contributed by atoms with Gasteiger partial charge in [0.15, 0.2) is 5.96 Å². The predicted octanol–water partition coefficient (Wildman–Crippen LogP) is 2.03. The van der Waals surface area contributed by atoms with Crippen molar-refractivity contribution in [2.75, 3.05) is 13.1 Å². The van der Waals surface area contributed by atoms with Gasteiger partial charge in [-0.15, -0.1) is 0 Å². The number of benzene rings is 1. The first-order valence-electron chi connectivity index (χ1n) is 5.22. The number of rotatable bonds is 2. The van der Waals surface area contributed by atoms with E-state index >= 15 is 0 Å². The molecule has 2 N–H and O–H groups in total. The van der Waals surface area contributed by atoms with E-state index in [0.29, 0.717) is 6.54 Å². The number of hydrogen-bond donors (Lipinski definition) is 2. The van der Waals surface area contributed by atoms with Gasteiger partial charge in [-0.25, -0.2) is 4.39 Å².